The summed E-state index contributed by atoms with van der Waals surface area (Å²) in [6.45, 7) is 10.8. The minimum absolute atomic E-state index is 0.0954. The molecule has 0 atom stereocenters. The molecule has 102 valence electrons. The van der Waals surface area contributed by atoms with Crippen LogP contribution in [0.1, 0.15) is 0 Å². The van der Waals surface area contributed by atoms with Crippen molar-refractivity contribution in [1.82, 2.24) is 0 Å². The van der Waals surface area contributed by atoms with E-state index in [-0.39, 0.29) is 10.4 Å². The Bertz CT molecular complexity index is 440. The lowest BCUT2D eigenvalue weighted by Crippen LogP contribution is -2.60. The summed E-state index contributed by atoms with van der Waals surface area (Å²) >= 11 is 0. The van der Waals surface area contributed by atoms with Gasteiger partial charge in [-0.3, -0.25) is 0 Å². The van der Waals surface area contributed by atoms with E-state index in [4.69, 9.17) is 0 Å². The van der Waals surface area contributed by atoms with Crippen molar-refractivity contribution in [2.24, 2.45) is 0 Å². The maximum Gasteiger partial charge on any atom is 0.197 e. The van der Waals surface area contributed by atoms with Gasteiger partial charge in [-0.1, -0.05) is 39.3 Å². The summed E-state index contributed by atoms with van der Waals surface area (Å²) in [6, 6.07) is 0. The lowest BCUT2D eigenvalue weighted by atomic mass is 10.3. The van der Waals surface area contributed by atoms with Gasteiger partial charge in [0.05, 0.1) is 16.1 Å². The van der Waals surface area contributed by atoms with Crippen LogP contribution in [0.4, 0.5) is 17.6 Å². The van der Waals surface area contributed by atoms with Gasteiger partial charge < -0.3 is 0 Å². The monoisotopic (exact) mass is 294 g/mol. The van der Waals surface area contributed by atoms with Gasteiger partial charge in [0.15, 0.2) is 23.3 Å². The Hall–Kier alpha value is -0.626. The standard InChI is InChI=1S/C12H18F4Si2/c1-17(2,3)11-9(15)7(13)8(14)10(16)12(11)18(4,5)6/h1-6H3. The highest BCUT2D eigenvalue weighted by Crippen LogP contribution is 2.18. The van der Waals surface area contributed by atoms with Crippen molar-refractivity contribution in [2.45, 2.75) is 39.3 Å². The third-order valence-electron chi connectivity index (χ3n) is 2.77. The molecule has 0 saturated heterocycles. The van der Waals surface area contributed by atoms with E-state index in [0.29, 0.717) is 0 Å². The highest BCUT2D eigenvalue weighted by Gasteiger charge is 2.37. The van der Waals surface area contributed by atoms with Crippen LogP contribution in [0.15, 0.2) is 0 Å². The third kappa shape index (κ3) is 2.54. The summed E-state index contributed by atoms with van der Waals surface area (Å²) in [5, 5.41) is 0.191. The normalized spacial score (nSPS) is 13.0. The van der Waals surface area contributed by atoms with Crippen molar-refractivity contribution in [3.8, 4) is 0 Å². The fraction of sp³-hybridized carbons (Fsp3) is 0.500. The molecule has 0 heterocycles. The molecule has 1 rings (SSSR count). The average molecular weight is 294 g/mol. The molecule has 6 heteroatoms. The summed E-state index contributed by atoms with van der Waals surface area (Å²) < 4.78 is 54.8. The van der Waals surface area contributed by atoms with Crippen molar-refractivity contribution in [1.29, 1.82) is 0 Å². The molecule has 18 heavy (non-hydrogen) atoms. The van der Waals surface area contributed by atoms with Crippen molar-refractivity contribution >= 4 is 26.5 Å². The first-order chi connectivity index (χ1) is 7.89. The number of hydrogen-bond donors (Lipinski definition) is 0. The molecule has 0 aliphatic rings. The molecule has 0 bridgehead atoms. The number of halogens is 4. The van der Waals surface area contributed by atoms with Crippen molar-refractivity contribution in [3.05, 3.63) is 23.3 Å². The van der Waals surface area contributed by atoms with Gasteiger partial charge in [0, 0.05) is 0 Å². The molecule has 0 nitrogen and oxygen atoms in total. The quantitative estimate of drug-likeness (QED) is 0.340. The Kier molecular flexibility index (Phi) is 3.85. The lowest BCUT2D eigenvalue weighted by Gasteiger charge is -2.29. The highest BCUT2D eigenvalue weighted by atomic mass is 28.3. The van der Waals surface area contributed by atoms with Crippen molar-refractivity contribution in [3.63, 3.8) is 0 Å². The van der Waals surface area contributed by atoms with Gasteiger partial charge in [0.25, 0.3) is 0 Å². The Balaban J connectivity index is 3.89. The summed E-state index contributed by atoms with van der Waals surface area (Å²) in [6.07, 6.45) is 0. The van der Waals surface area contributed by atoms with Gasteiger partial charge in [-0.05, 0) is 10.4 Å². The smallest absolute Gasteiger partial charge is 0.197 e. The van der Waals surface area contributed by atoms with Crippen LogP contribution < -0.4 is 10.4 Å². The zero-order chi connectivity index (χ0) is 14.5. The Morgan fingerprint density at radius 1 is 0.500 bits per heavy atom. The second-order valence-electron chi connectivity index (χ2n) is 6.51. The molecule has 0 fully saturated rings. The first-order valence-electron chi connectivity index (χ1n) is 5.76. The van der Waals surface area contributed by atoms with E-state index in [9.17, 15) is 17.6 Å². The predicted molar refractivity (Wildman–Crippen MR) is 72.2 cm³/mol. The van der Waals surface area contributed by atoms with Gasteiger partial charge in [-0.2, -0.15) is 0 Å². The second-order valence-corrected chi connectivity index (χ2v) is 16.5. The van der Waals surface area contributed by atoms with Gasteiger partial charge in [0.2, 0.25) is 0 Å². The van der Waals surface area contributed by atoms with E-state index in [1.54, 1.807) is 39.3 Å². The molecular formula is C12H18F4Si2. The van der Waals surface area contributed by atoms with Gasteiger partial charge in [-0.25, -0.2) is 17.6 Å². The zero-order valence-corrected chi connectivity index (χ0v) is 13.5. The topological polar surface area (TPSA) is 0 Å². The van der Waals surface area contributed by atoms with Crippen LogP contribution >= 0.6 is 0 Å². The minimum Gasteiger partial charge on any atom is -0.204 e. The van der Waals surface area contributed by atoms with Gasteiger partial charge >= 0.3 is 0 Å². The van der Waals surface area contributed by atoms with Gasteiger partial charge in [-0.15, -0.1) is 0 Å². The molecule has 0 aromatic heterocycles. The molecular weight excluding hydrogens is 276 g/mol. The van der Waals surface area contributed by atoms with Crippen LogP contribution in [-0.2, 0) is 0 Å². The zero-order valence-electron chi connectivity index (χ0n) is 11.5. The molecule has 0 aliphatic carbocycles. The molecule has 0 amide bonds. The summed E-state index contributed by atoms with van der Waals surface area (Å²) in [5.74, 6) is -5.78. The largest absolute Gasteiger partial charge is 0.204 e. The van der Waals surface area contributed by atoms with E-state index in [1.807, 2.05) is 0 Å². The summed E-state index contributed by atoms with van der Waals surface area (Å²) in [5.41, 5.74) is 0. The van der Waals surface area contributed by atoms with E-state index in [0.717, 1.165) is 0 Å². The van der Waals surface area contributed by atoms with Crippen molar-refractivity contribution in [2.75, 3.05) is 0 Å². The lowest BCUT2D eigenvalue weighted by molar-refractivity contribution is 0.415. The molecule has 0 saturated carbocycles. The molecule has 0 spiro atoms. The van der Waals surface area contributed by atoms with Crippen LogP contribution in [0.5, 0.6) is 0 Å². The second kappa shape index (κ2) is 4.49. The van der Waals surface area contributed by atoms with Crippen LogP contribution in [-0.4, -0.2) is 16.1 Å². The predicted octanol–water partition coefficient (Wildman–Crippen LogP) is 3.33. The number of rotatable bonds is 2. The molecule has 1 aromatic carbocycles. The third-order valence-corrected chi connectivity index (χ3v) is 6.96. The highest BCUT2D eigenvalue weighted by molar-refractivity contribution is 6.98. The Labute approximate surface area is 107 Å². The number of benzene rings is 1. The van der Waals surface area contributed by atoms with Crippen LogP contribution in [0.3, 0.4) is 0 Å². The molecule has 0 unspecified atom stereocenters. The maximum atomic E-state index is 14.0. The molecule has 0 N–H and O–H groups in total. The first-order valence-corrected chi connectivity index (χ1v) is 12.8. The van der Waals surface area contributed by atoms with Crippen LogP contribution in [0, 0.1) is 23.3 Å². The Morgan fingerprint density at radius 2 is 0.722 bits per heavy atom. The maximum absolute atomic E-state index is 14.0. The van der Waals surface area contributed by atoms with Crippen LogP contribution in [0.2, 0.25) is 39.3 Å². The SMILES string of the molecule is C[Si](C)(C)c1c(F)c(F)c(F)c(F)c1[Si](C)(C)C. The molecule has 1 aromatic rings. The van der Waals surface area contributed by atoms with Gasteiger partial charge in [0.1, 0.15) is 0 Å². The van der Waals surface area contributed by atoms with E-state index in [1.165, 1.54) is 0 Å². The average Bonchev–Trinajstić information content (AvgIpc) is 2.16. The summed E-state index contributed by atoms with van der Waals surface area (Å²) in [4.78, 5) is 0. The molecule has 0 radical (unpaired) electrons. The first kappa shape index (κ1) is 15.4. The Morgan fingerprint density at radius 3 is 0.889 bits per heavy atom. The molecule has 0 aliphatic heterocycles. The van der Waals surface area contributed by atoms with E-state index < -0.39 is 39.4 Å². The fourth-order valence-electron chi connectivity index (χ4n) is 2.04. The van der Waals surface area contributed by atoms with E-state index in [2.05, 4.69) is 0 Å². The number of hydrogen-bond acceptors (Lipinski definition) is 0. The van der Waals surface area contributed by atoms with E-state index >= 15 is 0 Å². The minimum atomic E-state index is -2.30. The fourth-order valence-corrected chi connectivity index (χ4v) is 7.55. The van der Waals surface area contributed by atoms with Crippen LogP contribution in [0.25, 0.3) is 0 Å². The summed E-state index contributed by atoms with van der Waals surface area (Å²) in [7, 11) is -4.61. The van der Waals surface area contributed by atoms with Crippen molar-refractivity contribution < 1.29 is 17.6 Å².